The van der Waals surface area contributed by atoms with Crippen LogP contribution < -0.4 is 0 Å². The zero-order chi connectivity index (χ0) is 17.8. The fourth-order valence-electron chi connectivity index (χ4n) is 4.25. The lowest BCUT2D eigenvalue weighted by Crippen LogP contribution is -2.19. The fraction of sp³-hybridized carbons (Fsp3) is 0.500. The van der Waals surface area contributed by atoms with Crippen molar-refractivity contribution in [3.63, 3.8) is 0 Å². The minimum absolute atomic E-state index is 0.348. The number of aromatic nitrogens is 1. The maximum atomic E-state index is 13.8. The predicted octanol–water partition coefficient (Wildman–Crippen LogP) is 6.74. The standard InChI is InChI=1S/C22H27F2N/c1-3-4-16-5-7-17(8-6-16)15(2)18-9-11-19(12-10-18)20-13-14-21(23)25-22(20)24/h9-17H,3-8H2,1-2H3. The van der Waals surface area contributed by atoms with Gasteiger partial charge in [-0.3, -0.25) is 0 Å². The molecule has 1 aliphatic rings. The van der Waals surface area contributed by atoms with E-state index in [2.05, 4.69) is 31.0 Å². The van der Waals surface area contributed by atoms with Crippen molar-refractivity contribution in [2.24, 2.45) is 11.8 Å². The first-order valence-electron chi connectivity index (χ1n) is 9.50. The van der Waals surface area contributed by atoms with E-state index in [1.165, 1.54) is 56.2 Å². The maximum absolute atomic E-state index is 13.8. The molecule has 0 N–H and O–H groups in total. The third-order valence-corrected chi connectivity index (χ3v) is 5.86. The lowest BCUT2D eigenvalue weighted by molar-refractivity contribution is 0.239. The van der Waals surface area contributed by atoms with Gasteiger partial charge in [0.1, 0.15) is 0 Å². The van der Waals surface area contributed by atoms with Crippen LogP contribution in [0.5, 0.6) is 0 Å². The van der Waals surface area contributed by atoms with Crippen LogP contribution in [0.3, 0.4) is 0 Å². The van der Waals surface area contributed by atoms with Gasteiger partial charge >= 0.3 is 0 Å². The van der Waals surface area contributed by atoms with Crippen molar-refractivity contribution in [2.45, 2.75) is 58.3 Å². The molecule has 1 unspecified atom stereocenters. The van der Waals surface area contributed by atoms with Crippen molar-refractivity contribution < 1.29 is 8.78 Å². The van der Waals surface area contributed by atoms with Gasteiger partial charge in [-0.1, -0.05) is 63.8 Å². The van der Waals surface area contributed by atoms with Gasteiger partial charge in [0.2, 0.25) is 11.9 Å². The van der Waals surface area contributed by atoms with E-state index < -0.39 is 11.9 Å². The lowest BCUT2D eigenvalue weighted by atomic mass is 9.73. The fourth-order valence-corrected chi connectivity index (χ4v) is 4.25. The third kappa shape index (κ3) is 4.26. The lowest BCUT2D eigenvalue weighted by Gasteiger charge is -2.32. The Morgan fingerprint density at radius 3 is 2.28 bits per heavy atom. The van der Waals surface area contributed by atoms with E-state index in [4.69, 9.17) is 0 Å². The predicted molar refractivity (Wildman–Crippen MR) is 98.4 cm³/mol. The Labute approximate surface area is 149 Å². The molecule has 0 amide bonds. The van der Waals surface area contributed by atoms with Crippen molar-refractivity contribution in [1.29, 1.82) is 0 Å². The first-order valence-corrected chi connectivity index (χ1v) is 9.50. The summed E-state index contributed by atoms with van der Waals surface area (Å²) in [7, 11) is 0. The van der Waals surface area contributed by atoms with Gasteiger partial charge in [-0.25, -0.2) is 0 Å². The molecule has 2 aromatic rings. The molecule has 1 aromatic heterocycles. The van der Waals surface area contributed by atoms with Crippen molar-refractivity contribution >= 4 is 0 Å². The molecular weight excluding hydrogens is 316 g/mol. The molecule has 134 valence electrons. The molecule has 0 bridgehead atoms. The summed E-state index contributed by atoms with van der Waals surface area (Å²) in [6, 6.07) is 10.7. The monoisotopic (exact) mass is 343 g/mol. The second-order valence-corrected chi connectivity index (χ2v) is 7.45. The SMILES string of the molecule is CCCC1CCC(C(C)c2ccc(-c3ccc(F)nc3F)cc2)CC1. The zero-order valence-electron chi connectivity index (χ0n) is 15.1. The van der Waals surface area contributed by atoms with Crippen LogP contribution in [0.15, 0.2) is 36.4 Å². The number of hydrogen-bond acceptors (Lipinski definition) is 1. The first kappa shape index (κ1) is 18.0. The van der Waals surface area contributed by atoms with Crippen LogP contribution in [0, 0.1) is 23.7 Å². The van der Waals surface area contributed by atoms with E-state index in [0.717, 1.165) is 17.4 Å². The Balaban J connectivity index is 1.68. The van der Waals surface area contributed by atoms with E-state index in [1.54, 1.807) is 0 Å². The topological polar surface area (TPSA) is 12.9 Å². The van der Waals surface area contributed by atoms with E-state index in [-0.39, 0.29) is 0 Å². The molecule has 0 radical (unpaired) electrons. The summed E-state index contributed by atoms with van der Waals surface area (Å²) in [6.07, 6.45) is 7.99. The van der Waals surface area contributed by atoms with E-state index >= 15 is 0 Å². The highest BCUT2D eigenvalue weighted by Crippen LogP contribution is 2.39. The number of benzene rings is 1. The molecule has 3 heteroatoms. The van der Waals surface area contributed by atoms with Crippen LogP contribution in [0.1, 0.15) is 63.9 Å². The van der Waals surface area contributed by atoms with Gasteiger partial charge in [-0.2, -0.15) is 13.8 Å². The average Bonchev–Trinajstić information content (AvgIpc) is 2.62. The highest BCUT2D eigenvalue weighted by atomic mass is 19.1. The molecule has 1 fully saturated rings. The van der Waals surface area contributed by atoms with Gasteiger partial charge in [0.15, 0.2) is 0 Å². The van der Waals surface area contributed by atoms with Gasteiger partial charge in [-0.05, 0) is 53.9 Å². The van der Waals surface area contributed by atoms with Gasteiger partial charge < -0.3 is 0 Å². The third-order valence-electron chi connectivity index (χ3n) is 5.86. The van der Waals surface area contributed by atoms with E-state index in [9.17, 15) is 8.78 Å². The van der Waals surface area contributed by atoms with E-state index in [0.29, 0.717) is 11.5 Å². The Morgan fingerprint density at radius 1 is 1.00 bits per heavy atom. The van der Waals surface area contributed by atoms with Crippen LogP contribution in [0.4, 0.5) is 8.78 Å². The summed E-state index contributed by atoms with van der Waals surface area (Å²) in [5.41, 5.74) is 2.39. The molecule has 1 aliphatic carbocycles. The van der Waals surface area contributed by atoms with Gasteiger partial charge in [0.25, 0.3) is 0 Å². The molecule has 3 rings (SSSR count). The number of hydrogen-bond donors (Lipinski definition) is 0. The molecule has 1 aromatic carbocycles. The summed E-state index contributed by atoms with van der Waals surface area (Å²) < 4.78 is 26.8. The summed E-state index contributed by atoms with van der Waals surface area (Å²) in [4.78, 5) is 3.27. The van der Waals surface area contributed by atoms with Crippen LogP contribution in [-0.4, -0.2) is 4.98 Å². The highest BCUT2D eigenvalue weighted by molar-refractivity contribution is 5.63. The Kier molecular flexibility index (Phi) is 5.82. The molecule has 1 heterocycles. The summed E-state index contributed by atoms with van der Waals surface area (Å²) in [5.74, 6) is 0.640. The Hall–Kier alpha value is -1.77. The normalized spacial score (nSPS) is 21.9. The summed E-state index contributed by atoms with van der Waals surface area (Å²) >= 11 is 0. The van der Waals surface area contributed by atoms with Gasteiger partial charge in [0.05, 0.1) is 0 Å². The Morgan fingerprint density at radius 2 is 1.68 bits per heavy atom. The first-order chi connectivity index (χ1) is 12.1. The Bertz CT molecular complexity index is 688. The molecule has 1 saturated carbocycles. The largest absolute Gasteiger partial charge is 0.223 e. The van der Waals surface area contributed by atoms with Gasteiger partial charge in [0, 0.05) is 5.56 Å². The van der Waals surface area contributed by atoms with Crippen molar-refractivity contribution in [1.82, 2.24) is 4.98 Å². The van der Waals surface area contributed by atoms with Crippen LogP contribution in [0.25, 0.3) is 11.1 Å². The van der Waals surface area contributed by atoms with Crippen molar-refractivity contribution in [3.05, 3.63) is 53.9 Å². The molecule has 0 saturated heterocycles. The second-order valence-electron chi connectivity index (χ2n) is 7.45. The van der Waals surface area contributed by atoms with Crippen LogP contribution in [0.2, 0.25) is 0 Å². The van der Waals surface area contributed by atoms with Crippen LogP contribution >= 0.6 is 0 Å². The van der Waals surface area contributed by atoms with Gasteiger partial charge in [-0.15, -0.1) is 0 Å². The minimum Gasteiger partial charge on any atom is -0.190 e. The molecule has 1 nitrogen and oxygen atoms in total. The zero-order valence-corrected chi connectivity index (χ0v) is 15.1. The summed E-state index contributed by atoms with van der Waals surface area (Å²) in [5, 5.41) is 0. The minimum atomic E-state index is -0.787. The van der Waals surface area contributed by atoms with Crippen LogP contribution in [-0.2, 0) is 0 Å². The van der Waals surface area contributed by atoms with Crippen molar-refractivity contribution in [2.75, 3.05) is 0 Å². The second kappa shape index (κ2) is 8.07. The smallest absolute Gasteiger partial charge is 0.190 e. The molecule has 25 heavy (non-hydrogen) atoms. The molecule has 0 spiro atoms. The molecule has 1 atom stereocenters. The molecular formula is C22H27F2N. The number of halogens is 2. The number of nitrogens with zero attached hydrogens (tertiary/aromatic N) is 1. The number of pyridine rings is 1. The maximum Gasteiger partial charge on any atom is 0.223 e. The van der Waals surface area contributed by atoms with Crippen molar-refractivity contribution in [3.8, 4) is 11.1 Å². The summed E-state index contributed by atoms with van der Waals surface area (Å²) in [6.45, 7) is 4.58. The quantitative estimate of drug-likeness (QED) is 0.548. The average molecular weight is 343 g/mol. The molecule has 0 aliphatic heterocycles. The number of rotatable bonds is 5. The highest BCUT2D eigenvalue weighted by Gasteiger charge is 2.25. The van der Waals surface area contributed by atoms with E-state index in [1.807, 2.05) is 12.1 Å².